The molecule has 0 bridgehead atoms. The number of aromatic nitrogens is 3. The van der Waals surface area contributed by atoms with E-state index in [0.29, 0.717) is 32.0 Å². The molecule has 1 aliphatic heterocycles. The van der Waals surface area contributed by atoms with Crippen LogP contribution in [0.1, 0.15) is 41.6 Å². The van der Waals surface area contributed by atoms with Crippen LogP contribution in [0, 0.1) is 23.1 Å². The lowest BCUT2D eigenvalue weighted by atomic mass is 9.88. The summed E-state index contributed by atoms with van der Waals surface area (Å²) in [7, 11) is 0. The fourth-order valence-corrected chi connectivity index (χ4v) is 3.99. The van der Waals surface area contributed by atoms with Crippen LogP contribution in [0.4, 0.5) is 16.0 Å². The van der Waals surface area contributed by atoms with Crippen molar-refractivity contribution in [3.05, 3.63) is 53.6 Å². The molecule has 3 heterocycles. The molecular weight excluding hydrogens is 395 g/mol. The van der Waals surface area contributed by atoms with Crippen LogP contribution in [0.2, 0.25) is 0 Å². The predicted molar refractivity (Wildman–Crippen MR) is 114 cm³/mol. The minimum Gasteiger partial charge on any atom is -0.364 e. The average Bonchev–Trinajstić information content (AvgIpc) is 3.63. The minimum atomic E-state index is -0.574. The second-order valence-corrected chi connectivity index (χ2v) is 8.11. The van der Waals surface area contributed by atoms with E-state index in [1.165, 1.54) is 18.2 Å². The molecule has 1 aliphatic carbocycles. The molecule has 2 fully saturated rings. The maximum atomic E-state index is 14.2. The first-order chi connectivity index (χ1) is 15.1. The number of anilines is 2. The topological polar surface area (TPSA) is 94.8 Å². The number of fused-ring (bicyclic) bond motifs is 1. The van der Waals surface area contributed by atoms with E-state index in [1.807, 2.05) is 12.1 Å². The molecule has 2 aliphatic rings. The highest BCUT2D eigenvalue weighted by molar-refractivity contribution is 5.98. The van der Waals surface area contributed by atoms with Gasteiger partial charge in [-0.05, 0) is 49.9 Å². The third-order valence-electron chi connectivity index (χ3n) is 5.89. The second-order valence-electron chi connectivity index (χ2n) is 8.11. The molecule has 1 aromatic carbocycles. The highest BCUT2D eigenvalue weighted by atomic mass is 19.1. The molecule has 0 atom stereocenters. The highest BCUT2D eigenvalue weighted by Crippen LogP contribution is 2.33. The zero-order valence-corrected chi connectivity index (χ0v) is 16.9. The number of hydrogen-bond acceptors (Lipinski definition) is 7. The van der Waals surface area contributed by atoms with Gasteiger partial charge in [0, 0.05) is 31.2 Å². The number of Topliss-reactive ketones (excluding diaryl/α,β-unsaturated/α-hetero) is 1. The van der Waals surface area contributed by atoms with Crippen LogP contribution in [0.15, 0.2) is 36.7 Å². The number of nitriles is 1. The van der Waals surface area contributed by atoms with Crippen molar-refractivity contribution in [1.29, 1.82) is 5.26 Å². The van der Waals surface area contributed by atoms with Crippen molar-refractivity contribution in [2.75, 3.05) is 23.3 Å². The SMILES string of the molecule is N#Cc1ccc(F)c(C(=O)C2CCN(c3nc4cnccc4nc3NC3CC3)CC2)c1. The zero-order chi connectivity index (χ0) is 21.4. The van der Waals surface area contributed by atoms with E-state index in [9.17, 15) is 9.18 Å². The fourth-order valence-electron chi connectivity index (χ4n) is 3.99. The molecule has 5 rings (SSSR count). The van der Waals surface area contributed by atoms with Crippen LogP contribution >= 0.6 is 0 Å². The molecule has 1 saturated heterocycles. The Labute approximate surface area is 178 Å². The van der Waals surface area contributed by atoms with Crippen LogP contribution in [0.3, 0.4) is 0 Å². The summed E-state index contributed by atoms with van der Waals surface area (Å²) in [4.78, 5) is 28.8. The van der Waals surface area contributed by atoms with Crippen molar-refractivity contribution in [2.24, 2.45) is 5.92 Å². The molecule has 0 radical (unpaired) electrons. The van der Waals surface area contributed by atoms with Crippen LogP contribution in [-0.2, 0) is 0 Å². The average molecular weight is 416 g/mol. The van der Waals surface area contributed by atoms with E-state index in [-0.39, 0.29) is 22.8 Å². The number of ketones is 1. The Morgan fingerprint density at radius 2 is 1.94 bits per heavy atom. The lowest BCUT2D eigenvalue weighted by molar-refractivity contribution is 0.0896. The summed E-state index contributed by atoms with van der Waals surface area (Å²) in [5.41, 5.74) is 1.82. The maximum Gasteiger partial charge on any atom is 0.172 e. The van der Waals surface area contributed by atoms with Crippen LogP contribution in [0.25, 0.3) is 11.0 Å². The van der Waals surface area contributed by atoms with Gasteiger partial charge in [0.2, 0.25) is 0 Å². The number of carbonyl (C=O) groups is 1. The summed E-state index contributed by atoms with van der Waals surface area (Å²) in [6.07, 6.45) is 6.83. The third kappa shape index (κ3) is 3.91. The quantitative estimate of drug-likeness (QED) is 0.634. The van der Waals surface area contributed by atoms with Gasteiger partial charge in [0.15, 0.2) is 17.4 Å². The first kappa shape index (κ1) is 19.4. The van der Waals surface area contributed by atoms with Crippen LogP contribution in [-0.4, -0.2) is 39.9 Å². The molecule has 1 N–H and O–H groups in total. The fraction of sp³-hybridized carbons (Fsp3) is 0.348. The molecule has 2 aromatic heterocycles. The number of rotatable bonds is 5. The van der Waals surface area contributed by atoms with Gasteiger partial charge < -0.3 is 10.2 Å². The van der Waals surface area contributed by atoms with Crippen molar-refractivity contribution in [2.45, 2.75) is 31.7 Å². The Kier molecular flexibility index (Phi) is 4.94. The Hall–Kier alpha value is -3.60. The molecule has 0 spiro atoms. The van der Waals surface area contributed by atoms with E-state index in [0.717, 1.165) is 35.5 Å². The molecule has 3 aromatic rings. The summed E-state index contributed by atoms with van der Waals surface area (Å²) in [5.74, 6) is 0.443. The molecule has 8 heteroatoms. The number of nitrogens with one attached hydrogen (secondary N) is 1. The summed E-state index contributed by atoms with van der Waals surface area (Å²) in [6, 6.07) is 8.17. The molecule has 31 heavy (non-hydrogen) atoms. The number of carbonyl (C=O) groups excluding carboxylic acids is 1. The first-order valence-corrected chi connectivity index (χ1v) is 10.5. The number of hydrogen-bond donors (Lipinski definition) is 1. The minimum absolute atomic E-state index is 0.00478. The van der Waals surface area contributed by atoms with Crippen molar-refractivity contribution in [3.8, 4) is 6.07 Å². The van der Waals surface area contributed by atoms with Crippen molar-refractivity contribution in [3.63, 3.8) is 0 Å². The van der Waals surface area contributed by atoms with Gasteiger partial charge in [0.1, 0.15) is 11.3 Å². The Balaban J connectivity index is 1.36. The van der Waals surface area contributed by atoms with Gasteiger partial charge in [0.25, 0.3) is 0 Å². The van der Waals surface area contributed by atoms with Gasteiger partial charge in [-0.1, -0.05) is 0 Å². The van der Waals surface area contributed by atoms with Gasteiger partial charge in [-0.3, -0.25) is 9.78 Å². The third-order valence-corrected chi connectivity index (χ3v) is 5.89. The van der Waals surface area contributed by atoms with Crippen LogP contribution in [0.5, 0.6) is 0 Å². The molecule has 0 unspecified atom stereocenters. The number of piperidine rings is 1. The second kappa shape index (κ2) is 7.91. The number of nitrogens with zero attached hydrogens (tertiary/aromatic N) is 5. The van der Waals surface area contributed by atoms with Gasteiger partial charge in [-0.15, -0.1) is 0 Å². The smallest absolute Gasteiger partial charge is 0.172 e. The number of benzene rings is 1. The molecule has 0 amide bonds. The lowest BCUT2D eigenvalue weighted by Gasteiger charge is -2.33. The summed E-state index contributed by atoms with van der Waals surface area (Å²) in [5, 5.41) is 12.5. The predicted octanol–water partition coefficient (Wildman–Crippen LogP) is 3.71. The van der Waals surface area contributed by atoms with Gasteiger partial charge in [0.05, 0.1) is 28.9 Å². The van der Waals surface area contributed by atoms with Crippen molar-refractivity contribution >= 4 is 28.5 Å². The van der Waals surface area contributed by atoms with E-state index in [4.69, 9.17) is 15.2 Å². The van der Waals surface area contributed by atoms with E-state index < -0.39 is 5.82 Å². The first-order valence-electron chi connectivity index (χ1n) is 10.5. The monoisotopic (exact) mass is 416 g/mol. The van der Waals surface area contributed by atoms with Crippen LogP contribution < -0.4 is 10.2 Å². The standard InChI is InChI=1S/C23H21FN6O/c24-18-4-1-14(12-25)11-17(18)21(31)15-6-9-30(10-7-15)23-22(27-16-2-3-16)28-19-5-8-26-13-20(19)29-23/h1,4-5,8,11,13,15-16H,2-3,6-7,9-10H2,(H,27,28). The zero-order valence-electron chi connectivity index (χ0n) is 16.9. The Bertz CT molecular complexity index is 1190. The van der Waals surface area contributed by atoms with Gasteiger partial charge in [-0.2, -0.15) is 5.26 Å². The van der Waals surface area contributed by atoms with Gasteiger partial charge >= 0.3 is 0 Å². The van der Waals surface area contributed by atoms with E-state index >= 15 is 0 Å². The summed E-state index contributed by atoms with van der Waals surface area (Å²) in [6.45, 7) is 1.24. The maximum absolute atomic E-state index is 14.2. The van der Waals surface area contributed by atoms with E-state index in [2.05, 4.69) is 15.2 Å². The highest BCUT2D eigenvalue weighted by Gasteiger charge is 2.31. The number of halogens is 1. The molecule has 1 saturated carbocycles. The Morgan fingerprint density at radius 1 is 1.13 bits per heavy atom. The summed E-state index contributed by atoms with van der Waals surface area (Å²) >= 11 is 0. The normalized spacial score (nSPS) is 16.8. The lowest BCUT2D eigenvalue weighted by Crippen LogP contribution is -2.37. The van der Waals surface area contributed by atoms with Gasteiger partial charge in [-0.25, -0.2) is 14.4 Å². The Morgan fingerprint density at radius 3 is 2.68 bits per heavy atom. The van der Waals surface area contributed by atoms with Crippen molar-refractivity contribution < 1.29 is 9.18 Å². The molecule has 156 valence electrons. The molecule has 7 nitrogen and oxygen atoms in total. The van der Waals surface area contributed by atoms with E-state index in [1.54, 1.807) is 12.4 Å². The number of pyridine rings is 1. The largest absolute Gasteiger partial charge is 0.364 e. The molecular formula is C23H21FN6O. The van der Waals surface area contributed by atoms with Crippen molar-refractivity contribution in [1.82, 2.24) is 15.0 Å². The summed E-state index contributed by atoms with van der Waals surface area (Å²) < 4.78 is 14.2.